The van der Waals surface area contributed by atoms with E-state index in [9.17, 15) is 4.79 Å². The summed E-state index contributed by atoms with van der Waals surface area (Å²) in [4.78, 5) is 12.7. The van der Waals surface area contributed by atoms with Crippen molar-refractivity contribution in [2.75, 3.05) is 13.7 Å². The highest BCUT2D eigenvalue weighted by molar-refractivity contribution is 5.85. The molecule has 0 bridgehead atoms. The summed E-state index contributed by atoms with van der Waals surface area (Å²) in [6, 6.07) is 7.82. The van der Waals surface area contributed by atoms with Crippen LogP contribution in [0.5, 0.6) is 5.75 Å². The summed E-state index contributed by atoms with van der Waals surface area (Å²) in [6.07, 6.45) is 6.26. The van der Waals surface area contributed by atoms with Crippen LogP contribution in [-0.2, 0) is 10.3 Å². The number of para-hydroxylation sites is 1. The Labute approximate surface area is 151 Å². The highest BCUT2D eigenvalue weighted by Gasteiger charge is 2.35. The Kier molecular flexibility index (Phi) is 7.56. The number of ether oxygens (including phenoxy) is 1. The molecule has 3 N–H and O–H groups in total. The molecule has 0 aromatic heterocycles. The summed E-state index contributed by atoms with van der Waals surface area (Å²) < 4.78 is 5.43. The third-order valence-electron chi connectivity index (χ3n) is 5.12. The number of halogens is 1. The van der Waals surface area contributed by atoms with Crippen LogP contribution >= 0.6 is 12.4 Å². The average molecular weight is 355 g/mol. The zero-order valence-corrected chi connectivity index (χ0v) is 15.9. The van der Waals surface area contributed by atoms with Crippen molar-refractivity contribution in [2.24, 2.45) is 11.1 Å². The van der Waals surface area contributed by atoms with Crippen molar-refractivity contribution in [3.63, 3.8) is 0 Å². The second kappa shape index (κ2) is 8.72. The van der Waals surface area contributed by atoms with Gasteiger partial charge in [0.05, 0.1) is 12.6 Å². The third kappa shape index (κ3) is 4.87. The summed E-state index contributed by atoms with van der Waals surface area (Å²) in [7, 11) is 1.65. The van der Waals surface area contributed by atoms with E-state index in [1.165, 1.54) is 19.3 Å². The second-order valence-corrected chi connectivity index (χ2v) is 7.32. The molecule has 24 heavy (non-hydrogen) atoms. The molecule has 1 aromatic carbocycles. The molecule has 0 atom stereocenters. The van der Waals surface area contributed by atoms with E-state index < -0.39 is 5.54 Å². The largest absolute Gasteiger partial charge is 0.496 e. The number of amides is 1. The number of benzene rings is 1. The van der Waals surface area contributed by atoms with Crippen molar-refractivity contribution in [1.82, 2.24) is 5.32 Å². The number of hydrogen-bond donors (Lipinski definition) is 2. The summed E-state index contributed by atoms with van der Waals surface area (Å²) >= 11 is 0. The summed E-state index contributed by atoms with van der Waals surface area (Å²) in [5, 5.41) is 3.18. The Morgan fingerprint density at radius 1 is 1.25 bits per heavy atom. The zero-order chi connectivity index (χ0) is 16.9. The lowest BCUT2D eigenvalue weighted by atomic mass is 9.71. The Balaban J connectivity index is 0.00000288. The van der Waals surface area contributed by atoms with Crippen molar-refractivity contribution < 1.29 is 9.53 Å². The second-order valence-electron chi connectivity index (χ2n) is 7.32. The first-order chi connectivity index (χ1) is 10.9. The minimum Gasteiger partial charge on any atom is -0.496 e. The van der Waals surface area contributed by atoms with Crippen molar-refractivity contribution >= 4 is 18.3 Å². The first kappa shape index (κ1) is 20.8. The summed E-state index contributed by atoms with van der Waals surface area (Å²) in [5.41, 5.74) is 6.50. The molecule has 1 aliphatic rings. The molecular formula is C19H31ClN2O2. The van der Waals surface area contributed by atoms with E-state index in [2.05, 4.69) is 5.32 Å². The summed E-state index contributed by atoms with van der Waals surface area (Å²) in [6.45, 7) is 4.62. The molecule has 0 radical (unpaired) electrons. The van der Waals surface area contributed by atoms with E-state index >= 15 is 0 Å². The molecule has 0 spiro atoms. The smallest absolute Gasteiger partial charge is 0.221 e. The lowest BCUT2D eigenvalue weighted by Crippen LogP contribution is -2.45. The maximum Gasteiger partial charge on any atom is 0.221 e. The van der Waals surface area contributed by atoms with Gasteiger partial charge in [-0.25, -0.2) is 0 Å². The number of methoxy groups -OCH3 is 1. The number of rotatable bonds is 6. The van der Waals surface area contributed by atoms with Gasteiger partial charge >= 0.3 is 0 Å². The normalized spacial score (nSPS) is 16.8. The van der Waals surface area contributed by atoms with Gasteiger partial charge in [0.25, 0.3) is 0 Å². The molecule has 5 heteroatoms. The average Bonchev–Trinajstić information content (AvgIpc) is 2.55. The van der Waals surface area contributed by atoms with Gasteiger partial charge in [-0.05, 0) is 44.7 Å². The SMILES string of the molecule is COc1ccccc1C(C)(C)NC(=O)CC1(CN)CCCCC1.Cl. The number of carbonyl (C=O) groups excluding carboxylic acids is 1. The van der Waals surface area contributed by atoms with Gasteiger partial charge in [-0.2, -0.15) is 0 Å². The van der Waals surface area contributed by atoms with Gasteiger partial charge in [-0.1, -0.05) is 37.5 Å². The minimum absolute atomic E-state index is 0. The fraction of sp³-hybridized carbons (Fsp3) is 0.632. The molecule has 1 fully saturated rings. The highest BCUT2D eigenvalue weighted by atomic mass is 35.5. The monoisotopic (exact) mass is 354 g/mol. The maximum atomic E-state index is 12.7. The molecule has 0 unspecified atom stereocenters. The summed E-state index contributed by atoms with van der Waals surface area (Å²) in [5.74, 6) is 0.872. The van der Waals surface area contributed by atoms with Crippen molar-refractivity contribution in [1.29, 1.82) is 0 Å². The van der Waals surface area contributed by atoms with Crippen LogP contribution in [-0.4, -0.2) is 19.6 Å². The van der Waals surface area contributed by atoms with Gasteiger partial charge in [0.1, 0.15) is 5.75 Å². The molecule has 1 amide bonds. The predicted octanol–water partition coefficient (Wildman–Crippen LogP) is 3.77. The maximum absolute atomic E-state index is 12.7. The fourth-order valence-corrected chi connectivity index (χ4v) is 3.72. The number of nitrogens with one attached hydrogen (secondary N) is 1. The van der Waals surface area contributed by atoms with Crippen molar-refractivity contribution in [3.05, 3.63) is 29.8 Å². The molecule has 136 valence electrons. The molecule has 1 aromatic rings. The number of hydrogen-bond acceptors (Lipinski definition) is 3. The van der Waals surface area contributed by atoms with Crippen LogP contribution in [0.25, 0.3) is 0 Å². The molecule has 0 aliphatic heterocycles. The van der Waals surface area contributed by atoms with E-state index in [0.717, 1.165) is 24.2 Å². The Morgan fingerprint density at radius 3 is 2.46 bits per heavy atom. The molecule has 0 saturated heterocycles. The van der Waals surface area contributed by atoms with Crippen molar-refractivity contribution in [2.45, 2.75) is 57.9 Å². The van der Waals surface area contributed by atoms with E-state index in [0.29, 0.717) is 13.0 Å². The topological polar surface area (TPSA) is 64.3 Å². The van der Waals surface area contributed by atoms with Crippen LogP contribution in [0.4, 0.5) is 0 Å². The molecule has 2 rings (SSSR count). The van der Waals surface area contributed by atoms with Gasteiger partial charge in [-0.15, -0.1) is 12.4 Å². The fourth-order valence-electron chi connectivity index (χ4n) is 3.72. The van der Waals surface area contributed by atoms with Gasteiger partial charge < -0.3 is 15.8 Å². The van der Waals surface area contributed by atoms with E-state index in [-0.39, 0.29) is 23.7 Å². The van der Waals surface area contributed by atoms with E-state index in [1.807, 2.05) is 38.1 Å². The van der Waals surface area contributed by atoms with Crippen LogP contribution in [0.1, 0.15) is 57.9 Å². The van der Waals surface area contributed by atoms with E-state index in [1.54, 1.807) is 7.11 Å². The third-order valence-corrected chi connectivity index (χ3v) is 5.12. The standard InChI is InChI=1S/C19H30N2O2.ClH/c1-18(2,15-9-5-6-10-16(15)23-3)21-17(22)13-19(14-20)11-7-4-8-12-19;/h5-6,9-10H,4,7-8,11-14,20H2,1-3H3,(H,21,22);1H. The minimum atomic E-state index is -0.478. The van der Waals surface area contributed by atoms with E-state index in [4.69, 9.17) is 10.5 Å². The lowest BCUT2D eigenvalue weighted by Gasteiger charge is -2.37. The van der Waals surface area contributed by atoms with Gasteiger partial charge in [0.2, 0.25) is 5.91 Å². The molecule has 0 heterocycles. The Hall–Kier alpha value is -1.26. The highest BCUT2D eigenvalue weighted by Crippen LogP contribution is 2.39. The molecule has 1 saturated carbocycles. The Bertz CT molecular complexity index is 540. The quantitative estimate of drug-likeness (QED) is 0.817. The Morgan fingerprint density at radius 2 is 1.88 bits per heavy atom. The van der Waals surface area contributed by atoms with Gasteiger partial charge in [-0.3, -0.25) is 4.79 Å². The van der Waals surface area contributed by atoms with Gasteiger partial charge in [0, 0.05) is 12.0 Å². The first-order valence-corrected chi connectivity index (χ1v) is 8.57. The zero-order valence-electron chi connectivity index (χ0n) is 15.1. The van der Waals surface area contributed by atoms with Crippen LogP contribution < -0.4 is 15.8 Å². The van der Waals surface area contributed by atoms with Crippen LogP contribution in [0.2, 0.25) is 0 Å². The predicted molar refractivity (Wildman–Crippen MR) is 101 cm³/mol. The van der Waals surface area contributed by atoms with Crippen LogP contribution in [0.15, 0.2) is 24.3 Å². The molecule has 4 nitrogen and oxygen atoms in total. The lowest BCUT2D eigenvalue weighted by molar-refractivity contribution is -0.125. The van der Waals surface area contributed by atoms with Crippen LogP contribution in [0.3, 0.4) is 0 Å². The number of carbonyl (C=O) groups is 1. The number of nitrogens with two attached hydrogens (primary N) is 1. The van der Waals surface area contributed by atoms with Crippen molar-refractivity contribution in [3.8, 4) is 5.75 Å². The van der Waals surface area contributed by atoms with Gasteiger partial charge in [0.15, 0.2) is 0 Å². The van der Waals surface area contributed by atoms with Crippen LogP contribution in [0, 0.1) is 5.41 Å². The molecule has 1 aliphatic carbocycles. The first-order valence-electron chi connectivity index (χ1n) is 8.57. The molecular weight excluding hydrogens is 324 g/mol.